The van der Waals surface area contributed by atoms with E-state index in [-0.39, 0.29) is 24.8 Å². The van der Waals surface area contributed by atoms with Crippen LogP contribution in [0.2, 0.25) is 0 Å². The summed E-state index contributed by atoms with van der Waals surface area (Å²) in [5.41, 5.74) is 0. The zero-order valence-corrected chi connectivity index (χ0v) is 9.00. The summed E-state index contributed by atoms with van der Waals surface area (Å²) >= 11 is 0. The van der Waals surface area contributed by atoms with E-state index in [2.05, 4.69) is 0 Å². The van der Waals surface area contributed by atoms with Gasteiger partial charge < -0.3 is 9.47 Å². The highest BCUT2D eigenvalue weighted by atomic mass is 16.6. The zero-order chi connectivity index (χ0) is 10.3. The molecule has 0 rings (SSSR count). The van der Waals surface area contributed by atoms with Crippen LogP contribution in [0.3, 0.4) is 0 Å². The lowest BCUT2D eigenvalue weighted by Gasteiger charge is -2.14. The van der Waals surface area contributed by atoms with Crippen molar-refractivity contribution in [3.63, 3.8) is 0 Å². The second-order valence-corrected chi connectivity index (χ2v) is 3.29. The molecule has 0 amide bonds. The Morgan fingerprint density at radius 1 is 1.23 bits per heavy atom. The van der Waals surface area contributed by atoms with Crippen LogP contribution in [-0.4, -0.2) is 24.8 Å². The average Bonchev–Trinajstić information content (AvgIpc) is 2.05. The molecule has 0 bridgehead atoms. The standard InChI is InChI=1S/C10H20O3/c1-5-9(6-2)12-7-10(11)13-8(3)4/h8-9H,5-7H2,1-4H3. The normalized spacial score (nSPS) is 10.9. The van der Waals surface area contributed by atoms with Crippen LogP contribution in [0.15, 0.2) is 0 Å². The van der Waals surface area contributed by atoms with Gasteiger partial charge in [-0.3, -0.25) is 0 Å². The fourth-order valence-corrected chi connectivity index (χ4v) is 1.01. The van der Waals surface area contributed by atoms with Crippen molar-refractivity contribution in [2.75, 3.05) is 6.61 Å². The van der Waals surface area contributed by atoms with Gasteiger partial charge in [0.1, 0.15) is 6.61 Å². The molecule has 0 fully saturated rings. The molecule has 0 atom stereocenters. The van der Waals surface area contributed by atoms with E-state index in [1.54, 1.807) is 0 Å². The highest BCUT2D eigenvalue weighted by Crippen LogP contribution is 2.02. The molecule has 0 radical (unpaired) electrons. The zero-order valence-electron chi connectivity index (χ0n) is 9.00. The van der Waals surface area contributed by atoms with Crippen LogP contribution in [0.4, 0.5) is 0 Å². The Kier molecular flexibility index (Phi) is 6.59. The van der Waals surface area contributed by atoms with Gasteiger partial charge in [-0.05, 0) is 26.7 Å². The lowest BCUT2D eigenvalue weighted by atomic mass is 10.2. The highest BCUT2D eigenvalue weighted by molar-refractivity contribution is 5.70. The van der Waals surface area contributed by atoms with Gasteiger partial charge in [0.15, 0.2) is 0 Å². The molecule has 0 heterocycles. The van der Waals surface area contributed by atoms with E-state index < -0.39 is 0 Å². The summed E-state index contributed by atoms with van der Waals surface area (Å²) in [6.45, 7) is 7.82. The van der Waals surface area contributed by atoms with E-state index in [1.165, 1.54) is 0 Å². The van der Waals surface area contributed by atoms with Gasteiger partial charge in [-0.25, -0.2) is 4.79 Å². The number of esters is 1. The summed E-state index contributed by atoms with van der Waals surface area (Å²) < 4.78 is 10.3. The molecule has 0 saturated heterocycles. The van der Waals surface area contributed by atoms with Crippen molar-refractivity contribution in [3.8, 4) is 0 Å². The molecule has 3 heteroatoms. The Balaban J connectivity index is 3.56. The first-order valence-corrected chi connectivity index (χ1v) is 4.91. The van der Waals surface area contributed by atoms with Gasteiger partial charge in [0, 0.05) is 0 Å². The van der Waals surface area contributed by atoms with Crippen molar-refractivity contribution in [1.29, 1.82) is 0 Å². The summed E-state index contributed by atoms with van der Waals surface area (Å²) in [6.07, 6.45) is 1.99. The van der Waals surface area contributed by atoms with Crippen LogP contribution < -0.4 is 0 Å². The van der Waals surface area contributed by atoms with Crippen LogP contribution in [0.5, 0.6) is 0 Å². The number of hydrogen-bond acceptors (Lipinski definition) is 3. The third-order valence-corrected chi connectivity index (χ3v) is 1.71. The van der Waals surface area contributed by atoms with Crippen molar-refractivity contribution < 1.29 is 14.3 Å². The molecule has 0 aromatic carbocycles. The quantitative estimate of drug-likeness (QED) is 0.599. The Labute approximate surface area is 80.4 Å². The van der Waals surface area contributed by atoms with Gasteiger partial charge in [-0.2, -0.15) is 0 Å². The highest BCUT2D eigenvalue weighted by Gasteiger charge is 2.09. The predicted octanol–water partition coefficient (Wildman–Crippen LogP) is 2.14. The van der Waals surface area contributed by atoms with Crippen molar-refractivity contribution in [3.05, 3.63) is 0 Å². The first-order valence-electron chi connectivity index (χ1n) is 4.91. The van der Waals surface area contributed by atoms with Crippen LogP contribution in [0.1, 0.15) is 40.5 Å². The molecule has 0 aromatic heterocycles. The number of hydrogen-bond donors (Lipinski definition) is 0. The van der Waals surface area contributed by atoms with Gasteiger partial charge >= 0.3 is 5.97 Å². The molecular weight excluding hydrogens is 168 g/mol. The molecule has 0 N–H and O–H groups in total. The predicted molar refractivity (Wildman–Crippen MR) is 51.6 cm³/mol. The molecular formula is C10H20O3. The van der Waals surface area contributed by atoms with Gasteiger partial charge in [0.25, 0.3) is 0 Å². The molecule has 0 aliphatic heterocycles. The summed E-state index contributed by atoms with van der Waals surface area (Å²) in [6, 6.07) is 0. The van der Waals surface area contributed by atoms with Crippen LogP contribution in [0.25, 0.3) is 0 Å². The van der Waals surface area contributed by atoms with Crippen LogP contribution in [0, 0.1) is 0 Å². The van der Waals surface area contributed by atoms with E-state index in [9.17, 15) is 4.79 Å². The minimum atomic E-state index is -0.276. The molecule has 3 nitrogen and oxygen atoms in total. The van der Waals surface area contributed by atoms with Crippen molar-refractivity contribution in [2.45, 2.75) is 52.7 Å². The third kappa shape index (κ3) is 6.58. The van der Waals surface area contributed by atoms with Gasteiger partial charge in [0.05, 0.1) is 12.2 Å². The van der Waals surface area contributed by atoms with E-state index in [0.717, 1.165) is 12.8 Å². The minimum Gasteiger partial charge on any atom is -0.461 e. The maximum atomic E-state index is 11.0. The van der Waals surface area contributed by atoms with Crippen molar-refractivity contribution >= 4 is 5.97 Å². The monoisotopic (exact) mass is 188 g/mol. The smallest absolute Gasteiger partial charge is 0.332 e. The summed E-state index contributed by atoms with van der Waals surface area (Å²) in [7, 11) is 0. The first kappa shape index (κ1) is 12.4. The lowest BCUT2D eigenvalue weighted by molar-refractivity contribution is -0.154. The van der Waals surface area contributed by atoms with Gasteiger partial charge in [-0.1, -0.05) is 13.8 Å². The molecule has 13 heavy (non-hydrogen) atoms. The fraction of sp³-hybridized carbons (Fsp3) is 0.900. The van der Waals surface area contributed by atoms with Crippen molar-refractivity contribution in [2.24, 2.45) is 0 Å². The van der Waals surface area contributed by atoms with Gasteiger partial charge in [0.2, 0.25) is 0 Å². The molecule has 0 spiro atoms. The maximum Gasteiger partial charge on any atom is 0.332 e. The lowest BCUT2D eigenvalue weighted by Crippen LogP contribution is -2.21. The largest absolute Gasteiger partial charge is 0.461 e. The molecule has 0 aromatic rings. The third-order valence-electron chi connectivity index (χ3n) is 1.71. The van der Waals surface area contributed by atoms with E-state index >= 15 is 0 Å². The fourth-order valence-electron chi connectivity index (χ4n) is 1.01. The molecule has 78 valence electrons. The van der Waals surface area contributed by atoms with E-state index in [4.69, 9.17) is 9.47 Å². The number of rotatable bonds is 6. The Hall–Kier alpha value is -0.570. The number of carbonyl (C=O) groups is 1. The van der Waals surface area contributed by atoms with Gasteiger partial charge in [-0.15, -0.1) is 0 Å². The second-order valence-electron chi connectivity index (χ2n) is 3.29. The molecule has 0 aliphatic carbocycles. The van der Waals surface area contributed by atoms with E-state index in [1.807, 2.05) is 27.7 Å². The Bertz CT molecular complexity index is 139. The SMILES string of the molecule is CCC(CC)OCC(=O)OC(C)C. The first-order chi connectivity index (χ1) is 6.10. The molecule has 0 aliphatic rings. The van der Waals surface area contributed by atoms with Crippen molar-refractivity contribution in [1.82, 2.24) is 0 Å². The summed E-state index contributed by atoms with van der Waals surface area (Å²) in [5.74, 6) is -0.276. The summed E-state index contributed by atoms with van der Waals surface area (Å²) in [4.78, 5) is 11.0. The maximum absolute atomic E-state index is 11.0. The molecule has 0 unspecified atom stereocenters. The second kappa shape index (κ2) is 6.89. The number of ether oxygens (including phenoxy) is 2. The Morgan fingerprint density at radius 3 is 2.15 bits per heavy atom. The number of carbonyl (C=O) groups excluding carboxylic acids is 1. The average molecular weight is 188 g/mol. The summed E-state index contributed by atoms with van der Waals surface area (Å²) in [5, 5.41) is 0. The van der Waals surface area contributed by atoms with Crippen LogP contribution >= 0.6 is 0 Å². The topological polar surface area (TPSA) is 35.5 Å². The minimum absolute atomic E-state index is 0.0576. The van der Waals surface area contributed by atoms with E-state index in [0.29, 0.717) is 0 Å². The Morgan fingerprint density at radius 2 is 1.77 bits per heavy atom. The molecule has 0 saturated carbocycles. The van der Waals surface area contributed by atoms with Crippen LogP contribution in [-0.2, 0) is 14.3 Å².